The van der Waals surface area contributed by atoms with Gasteiger partial charge in [-0.25, -0.2) is 0 Å². The van der Waals surface area contributed by atoms with Crippen LogP contribution in [0.2, 0.25) is 0 Å². The number of hydrazine groups is 1. The molecule has 3 N–H and O–H groups in total. The van der Waals surface area contributed by atoms with Crippen LogP contribution in [-0.2, 0) is 4.79 Å². The standard InChI is InChI=1S/C18H18N4O4/c1-2-25-14-9-5-6-10-15(14)26-11-16(23)20-22-18(24)17-12-7-3-4-8-13(12)19-21-17/h3-10H,2,11H2,1H3,(H,19,21)(H,20,23)(H,22,24). The van der Waals surface area contributed by atoms with E-state index in [0.717, 1.165) is 5.52 Å². The van der Waals surface area contributed by atoms with Crippen molar-refractivity contribution in [2.24, 2.45) is 0 Å². The zero-order chi connectivity index (χ0) is 18.4. The highest BCUT2D eigenvalue weighted by atomic mass is 16.5. The van der Waals surface area contributed by atoms with Gasteiger partial charge in [-0.3, -0.25) is 25.5 Å². The van der Waals surface area contributed by atoms with Gasteiger partial charge in [0.2, 0.25) is 0 Å². The van der Waals surface area contributed by atoms with Crippen LogP contribution >= 0.6 is 0 Å². The van der Waals surface area contributed by atoms with Crippen LogP contribution in [0, 0.1) is 0 Å². The van der Waals surface area contributed by atoms with E-state index in [1.54, 1.807) is 36.4 Å². The minimum absolute atomic E-state index is 0.198. The number of aromatic nitrogens is 2. The van der Waals surface area contributed by atoms with Crippen molar-refractivity contribution >= 4 is 22.7 Å². The molecule has 1 aromatic heterocycles. The summed E-state index contributed by atoms with van der Waals surface area (Å²) in [6.45, 7) is 2.07. The van der Waals surface area contributed by atoms with Gasteiger partial charge in [-0.15, -0.1) is 0 Å². The summed E-state index contributed by atoms with van der Waals surface area (Å²) in [6, 6.07) is 14.3. The summed E-state index contributed by atoms with van der Waals surface area (Å²) in [5.74, 6) is -0.0287. The first-order valence-electron chi connectivity index (χ1n) is 8.06. The monoisotopic (exact) mass is 354 g/mol. The van der Waals surface area contributed by atoms with Crippen LogP contribution in [0.5, 0.6) is 11.5 Å². The maximum atomic E-state index is 12.2. The van der Waals surface area contributed by atoms with Crippen LogP contribution in [0.3, 0.4) is 0 Å². The molecule has 8 nitrogen and oxygen atoms in total. The zero-order valence-electron chi connectivity index (χ0n) is 14.1. The molecule has 0 aliphatic heterocycles. The maximum absolute atomic E-state index is 12.2. The van der Waals surface area contributed by atoms with E-state index in [2.05, 4.69) is 21.0 Å². The van der Waals surface area contributed by atoms with Crippen molar-refractivity contribution in [2.75, 3.05) is 13.2 Å². The van der Waals surface area contributed by atoms with Gasteiger partial charge in [-0.1, -0.05) is 30.3 Å². The first kappa shape index (κ1) is 17.3. The predicted octanol–water partition coefficient (Wildman–Crippen LogP) is 1.80. The predicted molar refractivity (Wildman–Crippen MR) is 94.8 cm³/mol. The van der Waals surface area contributed by atoms with Crippen LogP contribution in [0.25, 0.3) is 10.9 Å². The quantitative estimate of drug-likeness (QED) is 0.586. The zero-order valence-corrected chi connectivity index (χ0v) is 14.1. The molecule has 2 amide bonds. The second kappa shape index (κ2) is 8.02. The summed E-state index contributed by atoms with van der Waals surface area (Å²) in [4.78, 5) is 24.1. The lowest BCUT2D eigenvalue weighted by Gasteiger charge is -2.11. The average molecular weight is 354 g/mol. The number of para-hydroxylation sites is 3. The summed E-state index contributed by atoms with van der Waals surface area (Å²) in [5.41, 5.74) is 5.55. The van der Waals surface area contributed by atoms with E-state index < -0.39 is 11.8 Å². The molecule has 0 bridgehead atoms. The fraction of sp³-hybridized carbons (Fsp3) is 0.167. The Morgan fingerprint density at radius 3 is 2.46 bits per heavy atom. The largest absolute Gasteiger partial charge is 0.490 e. The topological polar surface area (TPSA) is 105 Å². The van der Waals surface area contributed by atoms with Gasteiger partial charge in [-0.2, -0.15) is 5.10 Å². The Hall–Kier alpha value is -3.55. The Labute approximate surface area is 149 Å². The van der Waals surface area contributed by atoms with Gasteiger partial charge in [0, 0.05) is 5.39 Å². The SMILES string of the molecule is CCOc1ccccc1OCC(=O)NNC(=O)c1n[nH]c2ccccc12. The number of aromatic amines is 1. The Morgan fingerprint density at radius 2 is 1.69 bits per heavy atom. The fourth-order valence-corrected chi connectivity index (χ4v) is 2.35. The molecule has 0 spiro atoms. The molecule has 0 fully saturated rings. The summed E-state index contributed by atoms with van der Waals surface area (Å²) in [6.07, 6.45) is 0. The van der Waals surface area contributed by atoms with E-state index in [9.17, 15) is 9.59 Å². The lowest BCUT2D eigenvalue weighted by molar-refractivity contribution is -0.123. The van der Waals surface area contributed by atoms with Gasteiger partial charge >= 0.3 is 0 Å². The molecular formula is C18H18N4O4. The molecule has 3 aromatic rings. The second-order valence-corrected chi connectivity index (χ2v) is 5.29. The van der Waals surface area contributed by atoms with Crippen LogP contribution in [0.15, 0.2) is 48.5 Å². The van der Waals surface area contributed by atoms with E-state index in [4.69, 9.17) is 9.47 Å². The first-order valence-corrected chi connectivity index (χ1v) is 8.06. The molecule has 0 aliphatic rings. The van der Waals surface area contributed by atoms with Crippen molar-refractivity contribution < 1.29 is 19.1 Å². The molecule has 0 atom stereocenters. The van der Waals surface area contributed by atoms with Gasteiger partial charge < -0.3 is 9.47 Å². The molecule has 0 saturated heterocycles. The third kappa shape index (κ3) is 3.92. The summed E-state index contributed by atoms with van der Waals surface area (Å²) < 4.78 is 10.9. The Kier molecular flexibility index (Phi) is 5.33. The van der Waals surface area contributed by atoms with E-state index in [-0.39, 0.29) is 12.3 Å². The third-order valence-corrected chi connectivity index (χ3v) is 3.51. The number of carbonyl (C=O) groups is 2. The van der Waals surface area contributed by atoms with Crippen molar-refractivity contribution in [3.63, 3.8) is 0 Å². The van der Waals surface area contributed by atoms with E-state index >= 15 is 0 Å². The van der Waals surface area contributed by atoms with Gasteiger partial charge in [0.25, 0.3) is 11.8 Å². The Bertz CT molecular complexity index is 922. The lowest BCUT2D eigenvalue weighted by Crippen LogP contribution is -2.44. The third-order valence-electron chi connectivity index (χ3n) is 3.51. The van der Waals surface area contributed by atoms with Crippen LogP contribution in [0.4, 0.5) is 0 Å². The molecule has 8 heteroatoms. The van der Waals surface area contributed by atoms with Crippen molar-refractivity contribution in [3.8, 4) is 11.5 Å². The maximum Gasteiger partial charge on any atom is 0.290 e. The minimum atomic E-state index is -0.523. The van der Waals surface area contributed by atoms with Gasteiger partial charge in [0.05, 0.1) is 12.1 Å². The molecule has 0 aliphatic carbocycles. The molecule has 0 saturated carbocycles. The highest BCUT2D eigenvalue weighted by molar-refractivity contribution is 6.05. The fourth-order valence-electron chi connectivity index (χ4n) is 2.35. The number of amides is 2. The van der Waals surface area contributed by atoms with E-state index in [1.165, 1.54) is 0 Å². The summed E-state index contributed by atoms with van der Waals surface area (Å²) in [7, 11) is 0. The number of carbonyl (C=O) groups excluding carboxylic acids is 2. The molecule has 3 rings (SSSR count). The molecule has 2 aromatic carbocycles. The summed E-state index contributed by atoms with van der Waals surface area (Å²) >= 11 is 0. The Balaban J connectivity index is 1.54. The van der Waals surface area contributed by atoms with Gasteiger partial charge in [-0.05, 0) is 25.1 Å². The van der Waals surface area contributed by atoms with E-state index in [0.29, 0.717) is 23.5 Å². The van der Waals surface area contributed by atoms with Crippen LogP contribution in [0.1, 0.15) is 17.4 Å². The number of benzene rings is 2. The highest BCUT2D eigenvalue weighted by Gasteiger charge is 2.14. The normalized spacial score (nSPS) is 10.3. The number of H-pyrrole nitrogens is 1. The van der Waals surface area contributed by atoms with Crippen molar-refractivity contribution in [3.05, 3.63) is 54.2 Å². The summed E-state index contributed by atoms with van der Waals surface area (Å²) in [5, 5.41) is 7.39. The molecule has 0 unspecified atom stereocenters. The molecule has 1 heterocycles. The average Bonchev–Trinajstić information content (AvgIpc) is 3.10. The number of ether oxygens (including phenoxy) is 2. The van der Waals surface area contributed by atoms with E-state index in [1.807, 2.05) is 19.1 Å². The smallest absolute Gasteiger partial charge is 0.290 e. The molecule has 0 radical (unpaired) electrons. The van der Waals surface area contributed by atoms with Crippen LogP contribution in [-0.4, -0.2) is 35.2 Å². The lowest BCUT2D eigenvalue weighted by atomic mass is 10.2. The van der Waals surface area contributed by atoms with Gasteiger partial charge in [0.15, 0.2) is 23.8 Å². The highest BCUT2D eigenvalue weighted by Crippen LogP contribution is 2.26. The van der Waals surface area contributed by atoms with Crippen molar-refractivity contribution in [1.29, 1.82) is 0 Å². The molecule has 134 valence electrons. The molecular weight excluding hydrogens is 336 g/mol. The van der Waals surface area contributed by atoms with Gasteiger partial charge in [0.1, 0.15) is 0 Å². The number of nitrogens with zero attached hydrogens (tertiary/aromatic N) is 1. The Morgan fingerprint density at radius 1 is 1.00 bits per heavy atom. The second-order valence-electron chi connectivity index (χ2n) is 5.29. The molecule has 26 heavy (non-hydrogen) atoms. The first-order chi connectivity index (χ1) is 12.7. The van der Waals surface area contributed by atoms with Crippen molar-refractivity contribution in [2.45, 2.75) is 6.92 Å². The minimum Gasteiger partial charge on any atom is -0.490 e. The number of hydrogen-bond donors (Lipinski definition) is 3. The number of rotatable bonds is 6. The van der Waals surface area contributed by atoms with Crippen LogP contribution < -0.4 is 20.3 Å². The number of fused-ring (bicyclic) bond motifs is 1. The van der Waals surface area contributed by atoms with Crippen molar-refractivity contribution in [1.82, 2.24) is 21.0 Å². The number of nitrogens with one attached hydrogen (secondary N) is 3. The number of hydrogen-bond acceptors (Lipinski definition) is 5.